The van der Waals surface area contributed by atoms with Crippen LogP contribution in [0.3, 0.4) is 0 Å². The Morgan fingerprint density at radius 1 is 0.534 bits per heavy atom. The molecule has 0 aliphatic carbocycles. The van der Waals surface area contributed by atoms with Crippen molar-refractivity contribution < 1.29 is 27.9 Å². The number of para-hydroxylation sites is 2. The summed E-state index contributed by atoms with van der Waals surface area (Å²) >= 11 is 3.67. The van der Waals surface area contributed by atoms with Crippen LogP contribution in [0.5, 0.6) is 23.0 Å². The minimum atomic E-state index is -3.43. The summed E-state index contributed by atoms with van der Waals surface area (Å²) < 4.78 is 36.6. The molecule has 11 rings (SSSR count). The third-order valence-electron chi connectivity index (χ3n) is 12.6. The summed E-state index contributed by atoms with van der Waals surface area (Å²) in [6.07, 6.45) is 1.91. The average Bonchev–Trinajstić information content (AvgIpc) is 3.42. The number of nitrogens with zero attached hydrogens (tertiary/aromatic N) is 1. The van der Waals surface area contributed by atoms with Crippen molar-refractivity contribution in [3.63, 3.8) is 0 Å². The summed E-state index contributed by atoms with van der Waals surface area (Å²) in [4.78, 5) is 10.0. The van der Waals surface area contributed by atoms with Crippen molar-refractivity contribution >= 4 is 51.7 Å². The summed E-state index contributed by atoms with van der Waals surface area (Å²) in [5.41, 5.74) is 11.3. The second kappa shape index (κ2) is 23.6. The van der Waals surface area contributed by atoms with Crippen LogP contribution < -0.4 is 14.9 Å². The van der Waals surface area contributed by atoms with E-state index in [4.69, 9.17) is 19.5 Å². The van der Waals surface area contributed by atoms with Gasteiger partial charge in [0.15, 0.2) is 9.84 Å². The van der Waals surface area contributed by atoms with E-state index in [1.807, 2.05) is 104 Å². The number of ether oxygens (including phenoxy) is 2. The number of sulfone groups is 1. The molecule has 2 N–H and O–H groups in total. The van der Waals surface area contributed by atoms with Gasteiger partial charge in [-0.2, -0.15) is 0 Å². The maximum absolute atomic E-state index is 12.5. The van der Waals surface area contributed by atoms with Crippen LogP contribution in [0.4, 0.5) is 0 Å². The van der Waals surface area contributed by atoms with E-state index in [1.54, 1.807) is 48.2 Å². The van der Waals surface area contributed by atoms with Crippen molar-refractivity contribution in [2.75, 3.05) is 5.88 Å². The first-order valence-corrected chi connectivity index (χ1v) is 27.3. The SMILES string of the molecule is CC(=NCS(=O)(=O)c1ccc(C)cc1)c1ccc2c(c1)Cc1ccccc1S2.CC(c1ccc(Oc2ccccc2)cc1)c1ccc2c(c1)Cc1ccccc1S2.OB(O)c1ccc(Oc2ccccc2)cc1. The molecular formula is C62H54BNO6S3. The largest absolute Gasteiger partial charge is 0.488 e. The van der Waals surface area contributed by atoms with Crippen LogP contribution in [0.1, 0.15) is 64.3 Å². The van der Waals surface area contributed by atoms with Gasteiger partial charge in [-0.25, -0.2) is 8.42 Å². The predicted molar refractivity (Wildman–Crippen MR) is 298 cm³/mol. The number of hydrogen-bond donors (Lipinski definition) is 2. The van der Waals surface area contributed by atoms with E-state index in [-0.39, 0.29) is 5.88 Å². The fourth-order valence-corrected chi connectivity index (χ4v) is 11.5. The van der Waals surface area contributed by atoms with Gasteiger partial charge in [-0.3, -0.25) is 4.99 Å². The van der Waals surface area contributed by atoms with Crippen molar-refractivity contribution in [3.8, 4) is 23.0 Å². The van der Waals surface area contributed by atoms with Crippen molar-refractivity contribution in [1.29, 1.82) is 0 Å². The monoisotopic (exact) mass is 1020 g/mol. The van der Waals surface area contributed by atoms with Gasteiger partial charge in [-0.05, 0) is 162 Å². The first kappa shape index (κ1) is 50.8. The molecule has 0 amide bonds. The number of rotatable bonds is 11. The zero-order valence-corrected chi connectivity index (χ0v) is 43.2. The molecule has 0 fully saturated rings. The van der Waals surface area contributed by atoms with E-state index < -0.39 is 17.0 Å². The molecule has 2 aliphatic rings. The Morgan fingerprint density at radius 2 is 0.986 bits per heavy atom. The van der Waals surface area contributed by atoms with Gasteiger partial charge in [-0.15, -0.1) is 0 Å². The van der Waals surface area contributed by atoms with Crippen molar-refractivity contribution in [1.82, 2.24) is 0 Å². The molecule has 7 nitrogen and oxygen atoms in total. The minimum Gasteiger partial charge on any atom is -0.457 e. The zero-order chi connectivity index (χ0) is 50.7. The lowest BCUT2D eigenvalue weighted by atomic mass is 9.80. The first-order chi connectivity index (χ1) is 35.4. The molecule has 0 radical (unpaired) electrons. The van der Waals surface area contributed by atoms with E-state index in [9.17, 15) is 8.42 Å². The van der Waals surface area contributed by atoms with Crippen LogP contribution in [0.2, 0.25) is 0 Å². The number of fused-ring (bicyclic) bond motifs is 4. The molecular weight excluding hydrogens is 962 g/mol. The molecule has 0 aromatic heterocycles. The third kappa shape index (κ3) is 13.3. The van der Waals surface area contributed by atoms with Gasteiger partial charge in [0.2, 0.25) is 0 Å². The molecule has 9 aromatic carbocycles. The summed E-state index contributed by atoms with van der Waals surface area (Å²) in [5, 5.41) is 17.8. The van der Waals surface area contributed by atoms with Gasteiger partial charge in [0.25, 0.3) is 0 Å². The Labute approximate surface area is 437 Å². The van der Waals surface area contributed by atoms with E-state index in [0.717, 1.165) is 46.9 Å². The molecule has 1 unspecified atom stereocenters. The van der Waals surface area contributed by atoms with E-state index in [1.165, 1.54) is 53.0 Å². The molecule has 2 heterocycles. The van der Waals surface area contributed by atoms with Crippen LogP contribution in [0.15, 0.2) is 248 Å². The Hall–Kier alpha value is -7.12. The lowest BCUT2D eigenvalue weighted by Crippen LogP contribution is -2.29. The number of aliphatic imine (C=N–C) groups is 1. The van der Waals surface area contributed by atoms with Crippen molar-refractivity contribution in [3.05, 3.63) is 263 Å². The second-order valence-electron chi connectivity index (χ2n) is 17.8. The van der Waals surface area contributed by atoms with E-state index >= 15 is 0 Å². The molecule has 0 bridgehead atoms. The molecule has 73 heavy (non-hydrogen) atoms. The summed E-state index contributed by atoms with van der Waals surface area (Å²) in [7, 11) is -4.87. The smallest absolute Gasteiger partial charge is 0.457 e. The lowest BCUT2D eigenvalue weighted by molar-refractivity contribution is 0.425. The highest BCUT2D eigenvalue weighted by molar-refractivity contribution is 7.99. The van der Waals surface area contributed by atoms with E-state index in [2.05, 4.69) is 115 Å². The predicted octanol–water partition coefficient (Wildman–Crippen LogP) is 14.1. The standard InChI is InChI=1S/C27H22OS.C23H21NO2S2.C12H11BO3/c1-19(20-11-14-25(15-12-20)28-24-8-3-2-4-9-24)21-13-16-27-23(17-21)18-22-7-5-6-10-26(22)29-27;1-16-7-10-21(11-8-16)28(25,26)15-24-17(2)18-9-12-23-20(13-18)14-19-5-3-4-6-22(19)27-23;14-13(15)10-6-8-12(9-7-10)16-11-4-2-1-3-5-11/h2-17,19H,18H2,1H3;3-13H,14-15H2,1-2H3;1-9,14-15H. The van der Waals surface area contributed by atoms with Crippen LogP contribution in [0, 0.1) is 6.92 Å². The molecule has 2 aliphatic heterocycles. The minimum absolute atomic E-state index is 0.240. The Kier molecular flexibility index (Phi) is 16.4. The fraction of sp³-hybridized carbons (Fsp3) is 0.113. The van der Waals surface area contributed by atoms with Gasteiger partial charge < -0.3 is 19.5 Å². The fourth-order valence-electron chi connectivity index (χ4n) is 8.36. The van der Waals surface area contributed by atoms with Gasteiger partial charge >= 0.3 is 7.12 Å². The highest BCUT2D eigenvalue weighted by Gasteiger charge is 2.20. The summed E-state index contributed by atoms with van der Waals surface area (Å²) in [6.45, 7) is 6.08. The van der Waals surface area contributed by atoms with Crippen molar-refractivity contribution in [2.24, 2.45) is 4.99 Å². The molecule has 0 spiro atoms. The molecule has 11 heteroatoms. The maximum atomic E-state index is 12.5. The molecule has 1 atom stereocenters. The maximum Gasteiger partial charge on any atom is 0.488 e. The van der Waals surface area contributed by atoms with Crippen LogP contribution in [-0.2, 0) is 22.7 Å². The van der Waals surface area contributed by atoms with Gasteiger partial charge in [0, 0.05) is 31.2 Å². The third-order valence-corrected chi connectivity index (χ3v) is 16.5. The quantitative estimate of drug-likeness (QED) is 0.0975. The molecule has 364 valence electrons. The average molecular weight is 1020 g/mol. The number of aryl methyl sites for hydroxylation is 1. The first-order valence-electron chi connectivity index (χ1n) is 24.0. The number of hydrogen-bond acceptors (Lipinski definition) is 9. The molecule has 0 saturated carbocycles. The molecule has 9 aromatic rings. The highest BCUT2D eigenvalue weighted by Crippen LogP contribution is 2.42. The summed E-state index contributed by atoms with van der Waals surface area (Å²) in [6, 6.07) is 71.7. The van der Waals surface area contributed by atoms with Gasteiger partial charge in [0.1, 0.15) is 28.9 Å². The highest BCUT2D eigenvalue weighted by atomic mass is 32.2. The van der Waals surface area contributed by atoms with Crippen LogP contribution in [-0.4, -0.2) is 37.2 Å². The Morgan fingerprint density at radius 3 is 1.53 bits per heavy atom. The Balaban J connectivity index is 0.000000141. The van der Waals surface area contributed by atoms with Crippen molar-refractivity contribution in [2.45, 2.75) is 64.0 Å². The van der Waals surface area contributed by atoms with Gasteiger partial charge in [-0.1, -0.05) is 163 Å². The normalized spacial score (nSPS) is 12.7. The molecule has 0 saturated heterocycles. The number of benzene rings is 9. The van der Waals surface area contributed by atoms with E-state index in [0.29, 0.717) is 22.0 Å². The topological polar surface area (TPSA) is 105 Å². The summed E-state index contributed by atoms with van der Waals surface area (Å²) in [5.74, 6) is 3.24. The van der Waals surface area contributed by atoms with Crippen LogP contribution in [0.25, 0.3) is 0 Å². The zero-order valence-electron chi connectivity index (χ0n) is 40.8. The van der Waals surface area contributed by atoms with Crippen LogP contribution >= 0.6 is 23.5 Å². The van der Waals surface area contributed by atoms with Gasteiger partial charge in [0.05, 0.1) is 4.90 Å². The Bertz CT molecular complexity index is 3440. The second-order valence-corrected chi connectivity index (χ2v) is 22.0. The lowest BCUT2D eigenvalue weighted by Gasteiger charge is -2.21.